The summed E-state index contributed by atoms with van der Waals surface area (Å²) < 4.78 is 9.60. The maximum absolute atomic E-state index is 6.95. The van der Waals surface area contributed by atoms with Crippen molar-refractivity contribution in [2.75, 3.05) is 4.90 Å². The van der Waals surface area contributed by atoms with Crippen LogP contribution in [-0.4, -0.2) is 11.3 Å². The summed E-state index contributed by atoms with van der Waals surface area (Å²) in [5.41, 5.74) is 17.2. The monoisotopic (exact) mass is 676 g/mol. The molecule has 2 aliphatic heterocycles. The smallest absolute Gasteiger partial charge is 0.333 e. The van der Waals surface area contributed by atoms with Crippen LogP contribution in [0.3, 0.4) is 0 Å². The van der Waals surface area contributed by atoms with E-state index in [-0.39, 0.29) is 23.1 Å². The number of fused-ring (bicyclic) bond motifs is 11. The van der Waals surface area contributed by atoms with E-state index in [4.69, 9.17) is 4.42 Å². The van der Waals surface area contributed by atoms with Crippen LogP contribution in [0.1, 0.15) is 79.0 Å². The summed E-state index contributed by atoms with van der Waals surface area (Å²) >= 11 is 0. The lowest BCUT2D eigenvalue weighted by atomic mass is 9.44. The lowest BCUT2D eigenvalue weighted by molar-refractivity contribution is 0.568. The SMILES string of the molecule is CC(C)(C)c1cc(N2c3ccc(C(C)(C)C)cc3B3c4c2cc2c(oc5ccccc52)c4-c2cccc4c5ccccc5n3c24)cc(C(C)(C)C)c1. The summed E-state index contributed by atoms with van der Waals surface area (Å²) in [5, 5.41) is 4.89. The Morgan fingerprint density at radius 2 is 1.19 bits per heavy atom. The van der Waals surface area contributed by atoms with Gasteiger partial charge in [-0.05, 0) is 80.3 Å². The zero-order chi connectivity index (χ0) is 36.1. The Labute approximate surface area is 307 Å². The molecule has 0 N–H and O–H groups in total. The Morgan fingerprint density at radius 3 is 1.90 bits per heavy atom. The number of benzene rings is 6. The van der Waals surface area contributed by atoms with Crippen molar-refractivity contribution >= 4 is 78.6 Å². The van der Waals surface area contributed by atoms with E-state index < -0.39 is 0 Å². The molecule has 0 saturated heterocycles. The molecular formula is C48H45BN2O. The van der Waals surface area contributed by atoms with Gasteiger partial charge in [-0.1, -0.05) is 135 Å². The second-order valence-electron chi connectivity index (χ2n) is 18.3. The normalized spacial score (nSPS) is 14.2. The fourth-order valence-electron chi connectivity index (χ4n) is 8.99. The maximum atomic E-state index is 6.95. The number of anilines is 3. The molecule has 2 aliphatic rings. The summed E-state index contributed by atoms with van der Waals surface area (Å²) in [6.45, 7) is 20.9. The molecule has 256 valence electrons. The van der Waals surface area contributed by atoms with Crippen LogP contribution < -0.4 is 15.8 Å². The summed E-state index contributed by atoms with van der Waals surface area (Å²) in [7, 11) is 0. The molecule has 0 radical (unpaired) electrons. The van der Waals surface area contributed by atoms with Crippen molar-refractivity contribution in [2.45, 2.75) is 78.6 Å². The number of rotatable bonds is 1. The average molecular weight is 677 g/mol. The van der Waals surface area contributed by atoms with Gasteiger partial charge in [0.05, 0.1) is 0 Å². The number of hydrogen-bond acceptors (Lipinski definition) is 2. The largest absolute Gasteiger partial charge is 0.455 e. The van der Waals surface area contributed by atoms with Gasteiger partial charge in [0, 0.05) is 60.8 Å². The van der Waals surface area contributed by atoms with Crippen LogP contribution in [0.2, 0.25) is 0 Å². The first-order valence-electron chi connectivity index (χ1n) is 18.8. The standard InChI is InChI=1S/C48H45BN2O/c1-46(2,3)28-21-22-39-37(26-28)49-43-40(50(39)31-24-29(47(4,5)6)23-30(25-31)48(7,8)9)27-36-33-16-11-13-20-41(33)52-45(36)42(43)35-18-14-17-34-32-15-10-12-19-38(32)51(49)44(34)35/h10-27H,1-9H3. The van der Waals surface area contributed by atoms with Crippen molar-refractivity contribution < 1.29 is 4.42 Å². The maximum Gasteiger partial charge on any atom is 0.333 e. The van der Waals surface area contributed by atoms with Gasteiger partial charge in [-0.25, -0.2) is 0 Å². The molecule has 3 nitrogen and oxygen atoms in total. The molecular weight excluding hydrogens is 631 g/mol. The molecule has 0 unspecified atom stereocenters. The predicted octanol–water partition coefficient (Wildman–Crippen LogP) is 12.0. The fraction of sp³-hybridized carbons (Fsp3) is 0.250. The summed E-state index contributed by atoms with van der Waals surface area (Å²) in [4.78, 5) is 2.58. The van der Waals surface area contributed by atoms with Gasteiger partial charge in [0.1, 0.15) is 11.2 Å². The molecule has 52 heavy (non-hydrogen) atoms. The summed E-state index contributed by atoms with van der Waals surface area (Å²) in [5.74, 6) is 0. The van der Waals surface area contributed by atoms with Gasteiger partial charge < -0.3 is 13.8 Å². The molecule has 10 rings (SSSR count). The summed E-state index contributed by atoms with van der Waals surface area (Å²) in [6, 6.07) is 41.4. The Morgan fingerprint density at radius 1 is 0.538 bits per heavy atom. The zero-order valence-electron chi connectivity index (χ0n) is 31.8. The van der Waals surface area contributed by atoms with Crippen LogP contribution in [0.5, 0.6) is 0 Å². The lowest BCUT2D eigenvalue weighted by Crippen LogP contribution is -2.57. The van der Waals surface area contributed by atoms with Gasteiger partial charge >= 0.3 is 6.85 Å². The van der Waals surface area contributed by atoms with Crippen molar-refractivity contribution in [1.29, 1.82) is 0 Å². The molecule has 4 heteroatoms. The average Bonchev–Trinajstić information content (AvgIpc) is 3.64. The van der Waals surface area contributed by atoms with Crippen molar-refractivity contribution in [2.24, 2.45) is 0 Å². The zero-order valence-corrected chi connectivity index (χ0v) is 31.8. The Kier molecular flexibility index (Phi) is 6.19. The van der Waals surface area contributed by atoms with Crippen molar-refractivity contribution in [3.63, 3.8) is 0 Å². The first-order valence-corrected chi connectivity index (χ1v) is 18.8. The van der Waals surface area contributed by atoms with E-state index in [1.807, 2.05) is 0 Å². The number of furan rings is 1. The second kappa shape index (κ2) is 10.2. The van der Waals surface area contributed by atoms with Crippen molar-refractivity contribution in [1.82, 2.24) is 4.48 Å². The third kappa shape index (κ3) is 4.27. The third-order valence-corrected chi connectivity index (χ3v) is 11.8. The number of hydrogen-bond donors (Lipinski definition) is 0. The van der Waals surface area contributed by atoms with Crippen LogP contribution in [0, 0.1) is 0 Å². The minimum absolute atomic E-state index is 0.0160. The Hall–Kier alpha value is -5.22. The fourth-order valence-corrected chi connectivity index (χ4v) is 8.99. The van der Waals surface area contributed by atoms with Gasteiger partial charge in [0.2, 0.25) is 0 Å². The molecule has 0 saturated carbocycles. The highest BCUT2D eigenvalue weighted by molar-refractivity contribution is 6.90. The number of nitrogens with zero attached hydrogens (tertiary/aromatic N) is 2. The van der Waals surface area contributed by atoms with Gasteiger partial charge in [-0.2, -0.15) is 0 Å². The van der Waals surface area contributed by atoms with Gasteiger partial charge in [-0.15, -0.1) is 0 Å². The molecule has 0 atom stereocenters. The molecule has 0 bridgehead atoms. The topological polar surface area (TPSA) is 21.3 Å². The quantitative estimate of drug-likeness (QED) is 0.161. The Bertz CT molecular complexity index is 2780. The van der Waals surface area contributed by atoms with E-state index in [2.05, 4.69) is 181 Å². The van der Waals surface area contributed by atoms with E-state index in [1.54, 1.807) is 0 Å². The lowest BCUT2D eigenvalue weighted by Gasteiger charge is -2.41. The molecule has 8 aromatic rings. The molecule has 6 aromatic carbocycles. The van der Waals surface area contributed by atoms with Crippen molar-refractivity contribution in [3.8, 4) is 11.1 Å². The Balaban J connectivity index is 1.43. The first-order chi connectivity index (χ1) is 24.7. The molecule has 0 aliphatic carbocycles. The van der Waals surface area contributed by atoms with Crippen LogP contribution >= 0.6 is 0 Å². The highest BCUT2D eigenvalue weighted by Crippen LogP contribution is 2.50. The minimum atomic E-state index is -0.0404. The third-order valence-electron chi connectivity index (χ3n) is 11.8. The predicted molar refractivity (Wildman–Crippen MR) is 223 cm³/mol. The molecule has 4 heterocycles. The minimum Gasteiger partial charge on any atom is -0.455 e. The van der Waals surface area contributed by atoms with E-state index in [9.17, 15) is 0 Å². The van der Waals surface area contributed by atoms with Crippen LogP contribution in [0.25, 0.3) is 54.9 Å². The van der Waals surface area contributed by atoms with E-state index in [0.717, 1.165) is 21.9 Å². The van der Waals surface area contributed by atoms with Crippen molar-refractivity contribution in [3.05, 3.63) is 126 Å². The number of para-hydroxylation sites is 3. The van der Waals surface area contributed by atoms with Gasteiger partial charge in [-0.3, -0.25) is 0 Å². The van der Waals surface area contributed by atoms with Gasteiger partial charge in [0.25, 0.3) is 0 Å². The molecule has 0 amide bonds. The van der Waals surface area contributed by atoms with E-state index >= 15 is 0 Å². The van der Waals surface area contributed by atoms with E-state index in [1.165, 1.54) is 77.6 Å². The molecule has 0 spiro atoms. The highest BCUT2D eigenvalue weighted by Gasteiger charge is 2.45. The summed E-state index contributed by atoms with van der Waals surface area (Å²) in [6.07, 6.45) is 0. The highest BCUT2D eigenvalue weighted by atomic mass is 16.3. The second-order valence-corrected chi connectivity index (χ2v) is 18.3. The van der Waals surface area contributed by atoms with Gasteiger partial charge in [0.15, 0.2) is 0 Å². The van der Waals surface area contributed by atoms with Crippen LogP contribution in [-0.2, 0) is 16.2 Å². The number of aromatic nitrogens is 1. The van der Waals surface area contributed by atoms with Crippen LogP contribution in [0.15, 0.2) is 114 Å². The van der Waals surface area contributed by atoms with E-state index in [0.29, 0.717) is 0 Å². The molecule has 0 fully saturated rings. The first kappa shape index (κ1) is 31.5. The molecule has 2 aromatic heterocycles. The van der Waals surface area contributed by atoms with Crippen LogP contribution in [0.4, 0.5) is 17.1 Å².